The summed E-state index contributed by atoms with van der Waals surface area (Å²) in [7, 11) is 0. The van der Waals surface area contributed by atoms with Crippen LogP contribution < -0.4 is 5.73 Å². The summed E-state index contributed by atoms with van der Waals surface area (Å²) in [5, 5.41) is 0. The molecule has 3 N–H and O–H groups in total. The summed E-state index contributed by atoms with van der Waals surface area (Å²) in [6.07, 6.45) is 5.09. The molecule has 16 heavy (non-hydrogen) atoms. The summed E-state index contributed by atoms with van der Waals surface area (Å²) >= 11 is 0. The molecule has 2 rings (SSSR count). The van der Waals surface area contributed by atoms with Crippen LogP contribution in [0.15, 0.2) is 12.5 Å². The summed E-state index contributed by atoms with van der Waals surface area (Å²) in [6.45, 7) is 3.63. The zero-order valence-electron chi connectivity index (χ0n) is 9.52. The fraction of sp³-hybridized carbons (Fsp3) is 0.636. The molecule has 1 amide bonds. The van der Waals surface area contributed by atoms with Crippen molar-refractivity contribution in [3.05, 3.63) is 18.2 Å². The molecule has 1 aromatic heterocycles. The zero-order valence-corrected chi connectivity index (χ0v) is 9.52. The highest BCUT2D eigenvalue weighted by molar-refractivity contribution is 5.92. The van der Waals surface area contributed by atoms with Crippen molar-refractivity contribution >= 4 is 5.91 Å². The van der Waals surface area contributed by atoms with Crippen LogP contribution in [-0.4, -0.2) is 39.9 Å². The zero-order chi connectivity index (χ0) is 11.5. The number of piperidine rings is 1. The highest BCUT2D eigenvalue weighted by atomic mass is 16.2. The van der Waals surface area contributed by atoms with Gasteiger partial charge < -0.3 is 15.6 Å². The van der Waals surface area contributed by atoms with Crippen LogP contribution in [0.25, 0.3) is 0 Å². The average molecular weight is 222 g/mol. The molecule has 5 heteroatoms. The third kappa shape index (κ3) is 2.24. The number of rotatable bonds is 2. The van der Waals surface area contributed by atoms with Gasteiger partial charge in [0, 0.05) is 19.1 Å². The van der Waals surface area contributed by atoms with E-state index in [9.17, 15) is 4.79 Å². The molecule has 1 fully saturated rings. The van der Waals surface area contributed by atoms with Crippen LogP contribution in [0.3, 0.4) is 0 Å². The molecule has 1 atom stereocenters. The minimum absolute atomic E-state index is 0.0422. The van der Waals surface area contributed by atoms with Gasteiger partial charge in [-0.15, -0.1) is 0 Å². The Bertz CT molecular complexity index is 339. The first-order valence-electron chi connectivity index (χ1n) is 5.71. The van der Waals surface area contributed by atoms with Crippen LogP contribution in [0, 0.1) is 5.92 Å². The van der Waals surface area contributed by atoms with Crippen LogP contribution in [0.5, 0.6) is 0 Å². The van der Waals surface area contributed by atoms with Gasteiger partial charge in [0.05, 0.1) is 12.5 Å². The Morgan fingerprint density at radius 3 is 2.81 bits per heavy atom. The van der Waals surface area contributed by atoms with E-state index in [0.29, 0.717) is 11.6 Å². The molecule has 1 aliphatic rings. The monoisotopic (exact) mass is 222 g/mol. The van der Waals surface area contributed by atoms with Crippen LogP contribution >= 0.6 is 0 Å². The molecular weight excluding hydrogens is 204 g/mol. The first kappa shape index (κ1) is 11.1. The van der Waals surface area contributed by atoms with Gasteiger partial charge in [0.2, 0.25) is 0 Å². The van der Waals surface area contributed by atoms with E-state index in [1.165, 1.54) is 6.33 Å². The highest BCUT2D eigenvalue weighted by Crippen LogP contribution is 2.20. The first-order chi connectivity index (χ1) is 7.68. The molecule has 0 saturated carbocycles. The Balaban J connectivity index is 1.92. The Kier molecular flexibility index (Phi) is 3.24. The number of likely N-dealkylation sites (tertiary alicyclic amines) is 1. The molecule has 5 nitrogen and oxygen atoms in total. The second kappa shape index (κ2) is 4.65. The van der Waals surface area contributed by atoms with Crippen molar-refractivity contribution in [2.75, 3.05) is 13.1 Å². The SMILES string of the molecule is CC(N)C1CCN(C(=O)c2cnc[nH]2)CC1. The standard InChI is InChI=1S/C11H18N4O/c1-8(12)9-2-4-15(5-3-9)11(16)10-6-13-7-14-10/h6-9H,2-5,12H2,1H3,(H,13,14). The topological polar surface area (TPSA) is 75.0 Å². The minimum atomic E-state index is 0.0422. The maximum atomic E-state index is 12.0. The molecule has 88 valence electrons. The van der Waals surface area contributed by atoms with Gasteiger partial charge in [0.15, 0.2) is 0 Å². The molecule has 0 spiro atoms. The van der Waals surface area contributed by atoms with E-state index in [4.69, 9.17) is 5.73 Å². The highest BCUT2D eigenvalue weighted by Gasteiger charge is 2.25. The van der Waals surface area contributed by atoms with Crippen molar-refractivity contribution in [1.82, 2.24) is 14.9 Å². The second-order valence-electron chi connectivity index (χ2n) is 4.45. The number of nitrogens with one attached hydrogen (secondary N) is 1. The number of aromatic nitrogens is 2. The lowest BCUT2D eigenvalue weighted by atomic mass is 9.91. The number of hydrogen-bond donors (Lipinski definition) is 2. The fourth-order valence-electron chi connectivity index (χ4n) is 2.17. The van der Waals surface area contributed by atoms with Crippen molar-refractivity contribution in [1.29, 1.82) is 0 Å². The number of carbonyl (C=O) groups is 1. The number of hydrogen-bond acceptors (Lipinski definition) is 3. The van der Waals surface area contributed by atoms with E-state index in [1.54, 1.807) is 6.20 Å². The normalized spacial score (nSPS) is 19.8. The van der Waals surface area contributed by atoms with Gasteiger partial charge in [0.25, 0.3) is 5.91 Å². The van der Waals surface area contributed by atoms with E-state index in [0.717, 1.165) is 25.9 Å². The maximum Gasteiger partial charge on any atom is 0.271 e. The van der Waals surface area contributed by atoms with Crippen LogP contribution in [-0.2, 0) is 0 Å². The van der Waals surface area contributed by atoms with E-state index < -0.39 is 0 Å². The summed E-state index contributed by atoms with van der Waals surface area (Å²) in [5.41, 5.74) is 6.43. The second-order valence-corrected chi connectivity index (χ2v) is 4.45. The maximum absolute atomic E-state index is 12.0. The third-order valence-corrected chi connectivity index (χ3v) is 3.30. The van der Waals surface area contributed by atoms with Crippen LogP contribution in [0.2, 0.25) is 0 Å². The van der Waals surface area contributed by atoms with Crippen molar-refractivity contribution < 1.29 is 4.79 Å². The summed E-state index contributed by atoms with van der Waals surface area (Å²) in [4.78, 5) is 20.5. The van der Waals surface area contributed by atoms with Crippen LogP contribution in [0.4, 0.5) is 0 Å². The largest absolute Gasteiger partial charge is 0.341 e. The van der Waals surface area contributed by atoms with E-state index in [-0.39, 0.29) is 11.9 Å². The Hall–Kier alpha value is -1.36. The Morgan fingerprint density at radius 2 is 2.31 bits per heavy atom. The molecule has 1 saturated heterocycles. The lowest BCUT2D eigenvalue weighted by Crippen LogP contribution is -2.42. The average Bonchev–Trinajstić information content (AvgIpc) is 2.81. The van der Waals surface area contributed by atoms with Gasteiger partial charge in [-0.25, -0.2) is 4.98 Å². The van der Waals surface area contributed by atoms with Gasteiger partial charge in [-0.05, 0) is 25.7 Å². The fourth-order valence-corrected chi connectivity index (χ4v) is 2.17. The van der Waals surface area contributed by atoms with Crippen molar-refractivity contribution in [3.63, 3.8) is 0 Å². The minimum Gasteiger partial charge on any atom is -0.341 e. The Labute approximate surface area is 95.0 Å². The number of amides is 1. The molecule has 0 aromatic carbocycles. The van der Waals surface area contributed by atoms with Gasteiger partial charge in [0.1, 0.15) is 5.69 Å². The lowest BCUT2D eigenvalue weighted by molar-refractivity contribution is 0.0675. The van der Waals surface area contributed by atoms with Gasteiger partial charge >= 0.3 is 0 Å². The molecule has 1 aromatic rings. The molecule has 1 aliphatic heterocycles. The predicted octanol–water partition coefficient (Wildman–Crippen LogP) is 0.609. The number of nitrogens with zero attached hydrogens (tertiary/aromatic N) is 2. The van der Waals surface area contributed by atoms with Crippen molar-refractivity contribution in [3.8, 4) is 0 Å². The van der Waals surface area contributed by atoms with Gasteiger partial charge in [-0.3, -0.25) is 4.79 Å². The number of nitrogens with two attached hydrogens (primary N) is 1. The van der Waals surface area contributed by atoms with Crippen molar-refractivity contribution in [2.45, 2.75) is 25.8 Å². The van der Waals surface area contributed by atoms with Gasteiger partial charge in [-0.1, -0.05) is 0 Å². The summed E-state index contributed by atoms with van der Waals surface area (Å²) < 4.78 is 0. The number of H-pyrrole nitrogens is 1. The quantitative estimate of drug-likeness (QED) is 0.769. The molecule has 0 aliphatic carbocycles. The number of aromatic amines is 1. The molecule has 0 bridgehead atoms. The Morgan fingerprint density at radius 1 is 1.62 bits per heavy atom. The molecule has 0 radical (unpaired) electrons. The molecule has 1 unspecified atom stereocenters. The smallest absolute Gasteiger partial charge is 0.271 e. The van der Waals surface area contributed by atoms with Gasteiger partial charge in [-0.2, -0.15) is 0 Å². The van der Waals surface area contributed by atoms with Crippen LogP contribution in [0.1, 0.15) is 30.3 Å². The van der Waals surface area contributed by atoms with E-state index in [2.05, 4.69) is 9.97 Å². The third-order valence-electron chi connectivity index (χ3n) is 3.30. The molecular formula is C11H18N4O. The van der Waals surface area contributed by atoms with E-state index >= 15 is 0 Å². The first-order valence-corrected chi connectivity index (χ1v) is 5.71. The summed E-state index contributed by atoms with van der Waals surface area (Å²) in [5.74, 6) is 0.589. The number of imidazole rings is 1. The predicted molar refractivity (Wildman–Crippen MR) is 60.9 cm³/mol. The molecule has 2 heterocycles. The lowest BCUT2D eigenvalue weighted by Gasteiger charge is -2.33. The number of carbonyl (C=O) groups excluding carboxylic acids is 1. The van der Waals surface area contributed by atoms with E-state index in [1.807, 2.05) is 11.8 Å². The van der Waals surface area contributed by atoms with Crippen molar-refractivity contribution in [2.24, 2.45) is 11.7 Å². The summed E-state index contributed by atoms with van der Waals surface area (Å²) in [6, 6.07) is 0.226.